The standard InChI is InChI=1S/C22H17ClF2N6O2/c1-12-13(4-2-5-15(12)23)20-28-21(33-29-20)18-6-3-9-30(18)22(32)14-10-16(24)17(25)11-19(14)31-26-7-8-27-31/h2,4-5,7-8,10-11,18H,3,6,9H2,1H3/t18-/m0/s1. The van der Waals surface area contributed by atoms with Crippen LogP contribution in [0.2, 0.25) is 5.02 Å². The Hall–Kier alpha value is -3.66. The molecule has 0 saturated carbocycles. The molecule has 2 aromatic carbocycles. The zero-order chi connectivity index (χ0) is 23.1. The van der Waals surface area contributed by atoms with Crippen LogP contribution in [0.25, 0.3) is 17.1 Å². The van der Waals surface area contributed by atoms with Crippen LogP contribution in [0.3, 0.4) is 0 Å². The Morgan fingerprint density at radius 1 is 1.18 bits per heavy atom. The molecule has 1 aliphatic rings. The van der Waals surface area contributed by atoms with Gasteiger partial charge in [-0.25, -0.2) is 8.78 Å². The Balaban J connectivity index is 1.49. The van der Waals surface area contributed by atoms with Gasteiger partial charge in [0.1, 0.15) is 11.7 Å². The molecular weight excluding hydrogens is 454 g/mol. The lowest BCUT2D eigenvalue weighted by molar-refractivity contribution is 0.0709. The summed E-state index contributed by atoms with van der Waals surface area (Å²) < 4.78 is 33.5. The third-order valence-electron chi connectivity index (χ3n) is 5.65. The monoisotopic (exact) mass is 470 g/mol. The third-order valence-corrected chi connectivity index (χ3v) is 6.06. The molecule has 33 heavy (non-hydrogen) atoms. The van der Waals surface area contributed by atoms with Gasteiger partial charge in [-0.05, 0) is 37.5 Å². The Morgan fingerprint density at radius 2 is 1.94 bits per heavy atom. The van der Waals surface area contributed by atoms with Gasteiger partial charge in [0, 0.05) is 23.2 Å². The zero-order valence-electron chi connectivity index (χ0n) is 17.4. The fraction of sp³-hybridized carbons (Fsp3) is 0.227. The Labute approximate surface area is 191 Å². The summed E-state index contributed by atoms with van der Waals surface area (Å²) in [5.74, 6) is -2.13. The number of aromatic nitrogens is 5. The average Bonchev–Trinajstić information content (AvgIpc) is 3.58. The molecule has 0 radical (unpaired) electrons. The first-order chi connectivity index (χ1) is 15.9. The highest BCUT2D eigenvalue weighted by Gasteiger charge is 2.36. The van der Waals surface area contributed by atoms with Crippen LogP contribution in [0, 0.1) is 18.6 Å². The van der Waals surface area contributed by atoms with E-state index < -0.39 is 23.6 Å². The van der Waals surface area contributed by atoms with Crippen LogP contribution in [0.1, 0.15) is 40.7 Å². The van der Waals surface area contributed by atoms with E-state index in [9.17, 15) is 13.6 Å². The molecule has 1 amide bonds. The summed E-state index contributed by atoms with van der Waals surface area (Å²) in [6, 6.07) is 6.65. The molecule has 4 aromatic rings. The summed E-state index contributed by atoms with van der Waals surface area (Å²) in [6.07, 6.45) is 4.03. The van der Waals surface area contributed by atoms with E-state index in [4.69, 9.17) is 16.1 Å². The predicted molar refractivity (Wildman–Crippen MR) is 114 cm³/mol. The highest BCUT2D eigenvalue weighted by atomic mass is 35.5. The lowest BCUT2D eigenvalue weighted by atomic mass is 10.1. The fourth-order valence-corrected chi connectivity index (χ4v) is 4.14. The highest BCUT2D eigenvalue weighted by molar-refractivity contribution is 6.31. The maximum atomic E-state index is 14.1. The van der Waals surface area contributed by atoms with Gasteiger partial charge in [-0.15, -0.1) is 0 Å². The second-order valence-corrected chi connectivity index (χ2v) is 8.03. The molecule has 1 atom stereocenters. The number of benzene rings is 2. The van der Waals surface area contributed by atoms with E-state index in [1.807, 2.05) is 13.0 Å². The van der Waals surface area contributed by atoms with Crippen molar-refractivity contribution in [2.24, 2.45) is 0 Å². The van der Waals surface area contributed by atoms with E-state index in [0.29, 0.717) is 30.2 Å². The summed E-state index contributed by atoms with van der Waals surface area (Å²) in [5.41, 5.74) is 1.50. The lowest BCUT2D eigenvalue weighted by Crippen LogP contribution is -2.32. The molecule has 0 N–H and O–H groups in total. The van der Waals surface area contributed by atoms with Crippen LogP contribution in [0.4, 0.5) is 8.78 Å². The van der Waals surface area contributed by atoms with Crippen LogP contribution in [0.15, 0.2) is 47.2 Å². The Kier molecular flexibility index (Phi) is 5.37. The number of halogens is 3. The number of likely N-dealkylation sites (tertiary alicyclic amines) is 1. The fourth-order valence-electron chi connectivity index (χ4n) is 3.96. The lowest BCUT2D eigenvalue weighted by Gasteiger charge is -2.23. The molecule has 5 rings (SSSR count). The van der Waals surface area contributed by atoms with E-state index in [2.05, 4.69) is 20.3 Å². The van der Waals surface area contributed by atoms with E-state index in [1.165, 1.54) is 17.3 Å². The van der Waals surface area contributed by atoms with Gasteiger partial charge in [-0.3, -0.25) is 4.79 Å². The second kappa shape index (κ2) is 8.36. The Bertz CT molecular complexity index is 1340. The van der Waals surface area contributed by atoms with E-state index in [0.717, 1.165) is 28.1 Å². The molecule has 3 heterocycles. The summed E-state index contributed by atoms with van der Waals surface area (Å²) in [5, 5.41) is 12.5. The summed E-state index contributed by atoms with van der Waals surface area (Å²) >= 11 is 6.20. The minimum atomic E-state index is -1.14. The number of hydrogen-bond donors (Lipinski definition) is 0. The number of nitrogens with zero attached hydrogens (tertiary/aromatic N) is 6. The molecule has 1 saturated heterocycles. The number of carbonyl (C=O) groups excluding carboxylic acids is 1. The van der Waals surface area contributed by atoms with E-state index in [1.54, 1.807) is 12.1 Å². The van der Waals surface area contributed by atoms with Crippen molar-refractivity contribution in [2.75, 3.05) is 6.54 Å². The first-order valence-corrected chi connectivity index (χ1v) is 10.6. The van der Waals surface area contributed by atoms with Crippen LogP contribution in [0.5, 0.6) is 0 Å². The van der Waals surface area contributed by atoms with Crippen molar-refractivity contribution in [2.45, 2.75) is 25.8 Å². The zero-order valence-corrected chi connectivity index (χ0v) is 18.1. The quantitative estimate of drug-likeness (QED) is 0.435. The molecule has 2 aromatic heterocycles. The van der Waals surface area contributed by atoms with Crippen molar-refractivity contribution >= 4 is 17.5 Å². The van der Waals surface area contributed by atoms with Gasteiger partial charge in [-0.1, -0.05) is 28.9 Å². The molecular formula is C22H17ClF2N6O2. The van der Waals surface area contributed by atoms with Crippen molar-refractivity contribution in [3.8, 4) is 17.1 Å². The van der Waals surface area contributed by atoms with Crippen molar-refractivity contribution in [3.63, 3.8) is 0 Å². The third kappa shape index (κ3) is 3.76. The number of carbonyl (C=O) groups is 1. The van der Waals surface area contributed by atoms with E-state index >= 15 is 0 Å². The van der Waals surface area contributed by atoms with Crippen molar-refractivity contribution in [1.29, 1.82) is 0 Å². The van der Waals surface area contributed by atoms with Crippen LogP contribution in [-0.4, -0.2) is 42.5 Å². The van der Waals surface area contributed by atoms with E-state index in [-0.39, 0.29) is 17.1 Å². The first kappa shape index (κ1) is 21.2. The molecule has 1 fully saturated rings. The van der Waals surface area contributed by atoms with Gasteiger partial charge in [0.2, 0.25) is 11.7 Å². The average molecular weight is 471 g/mol. The molecule has 0 spiro atoms. The largest absolute Gasteiger partial charge is 0.337 e. The maximum absolute atomic E-state index is 14.1. The predicted octanol–water partition coefficient (Wildman–Crippen LogP) is 4.53. The highest BCUT2D eigenvalue weighted by Crippen LogP contribution is 2.35. The topological polar surface area (TPSA) is 89.9 Å². The summed E-state index contributed by atoms with van der Waals surface area (Å²) in [6.45, 7) is 2.25. The molecule has 1 aliphatic heterocycles. The molecule has 8 nitrogen and oxygen atoms in total. The second-order valence-electron chi connectivity index (χ2n) is 7.63. The van der Waals surface area contributed by atoms with Crippen LogP contribution < -0.4 is 0 Å². The minimum Gasteiger partial charge on any atom is -0.337 e. The van der Waals surface area contributed by atoms with Gasteiger partial charge in [0.25, 0.3) is 5.91 Å². The number of amides is 1. The SMILES string of the molecule is Cc1c(Cl)cccc1-c1noc([C@@H]2CCCN2C(=O)c2cc(F)c(F)cc2-n2nccn2)n1. The normalized spacial score (nSPS) is 15.9. The smallest absolute Gasteiger partial charge is 0.256 e. The van der Waals surface area contributed by atoms with Gasteiger partial charge in [-0.2, -0.15) is 20.0 Å². The van der Waals surface area contributed by atoms with Crippen LogP contribution >= 0.6 is 11.6 Å². The molecule has 11 heteroatoms. The van der Waals surface area contributed by atoms with Gasteiger partial charge in [0.15, 0.2) is 11.6 Å². The molecule has 0 bridgehead atoms. The minimum absolute atomic E-state index is 0.0373. The van der Waals surface area contributed by atoms with Crippen LogP contribution in [-0.2, 0) is 0 Å². The van der Waals surface area contributed by atoms with Gasteiger partial charge < -0.3 is 9.42 Å². The number of hydrogen-bond acceptors (Lipinski definition) is 6. The molecule has 0 unspecified atom stereocenters. The maximum Gasteiger partial charge on any atom is 0.256 e. The van der Waals surface area contributed by atoms with Crippen molar-refractivity contribution in [1.82, 2.24) is 30.0 Å². The first-order valence-electron chi connectivity index (χ1n) is 10.2. The summed E-state index contributed by atoms with van der Waals surface area (Å²) in [7, 11) is 0. The van der Waals surface area contributed by atoms with Crippen molar-refractivity contribution in [3.05, 3.63) is 76.4 Å². The molecule has 0 aliphatic carbocycles. The molecule has 168 valence electrons. The van der Waals surface area contributed by atoms with Crippen molar-refractivity contribution < 1.29 is 18.1 Å². The number of rotatable bonds is 4. The van der Waals surface area contributed by atoms with Gasteiger partial charge in [0.05, 0.1) is 18.0 Å². The van der Waals surface area contributed by atoms with Gasteiger partial charge >= 0.3 is 0 Å². The Morgan fingerprint density at radius 3 is 2.73 bits per heavy atom. The summed E-state index contributed by atoms with van der Waals surface area (Å²) in [4.78, 5) is 20.5.